The number of carbonyl (C=O) groups is 1. The van der Waals surface area contributed by atoms with Crippen LogP contribution in [-0.4, -0.2) is 37.4 Å². The quantitative estimate of drug-likeness (QED) is 0.653. The van der Waals surface area contributed by atoms with E-state index in [1.807, 2.05) is 37.3 Å². The third-order valence-corrected chi connectivity index (χ3v) is 4.36. The molecule has 0 atom stereocenters. The highest BCUT2D eigenvalue weighted by atomic mass is 16.5. The highest BCUT2D eigenvalue weighted by Crippen LogP contribution is 2.42. The van der Waals surface area contributed by atoms with E-state index in [4.69, 9.17) is 14.2 Å². The number of ether oxygens (including phenoxy) is 3. The molecule has 0 bridgehead atoms. The van der Waals surface area contributed by atoms with Crippen LogP contribution in [0, 0.1) is 6.92 Å². The van der Waals surface area contributed by atoms with Crippen LogP contribution in [0.2, 0.25) is 0 Å². The minimum atomic E-state index is -0.121. The first-order valence-corrected chi connectivity index (χ1v) is 8.76. The summed E-state index contributed by atoms with van der Waals surface area (Å²) in [6.45, 7) is 1.85. The second kappa shape index (κ2) is 8.47. The van der Waals surface area contributed by atoms with Gasteiger partial charge in [-0.3, -0.25) is 9.89 Å². The molecule has 1 aromatic heterocycles. The standard InChI is InChI=1S/C21H23N3O4/c1-13-19(22-18(25)10-14-8-6-5-7-9-14)20(24-23-13)15-11-16(26-2)21(28-4)17(12-15)27-3/h5-9,11-12H,10H2,1-4H3,(H,22,25)(H,23,24). The number of hydrogen-bond acceptors (Lipinski definition) is 5. The van der Waals surface area contributed by atoms with Gasteiger partial charge in [0.1, 0.15) is 5.69 Å². The molecule has 0 aliphatic carbocycles. The predicted molar refractivity (Wildman–Crippen MR) is 107 cm³/mol. The summed E-state index contributed by atoms with van der Waals surface area (Å²) in [5.74, 6) is 1.40. The maximum atomic E-state index is 12.5. The van der Waals surface area contributed by atoms with Gasteiger partial charge in [-0.1, -0.05) is 30.3 Å². The zero-order valence-electron chi connectivity index (χ0n) is 16.3. The van der Waals surface area contributed by atoms with Crippen LogP contribution in [0.3, 0.4) is 0 Å². The summed E-state index contributed by atoms with van der Waals surface area (Å²) < 4.78 is 16.2. The Morgan fingerprint density at radius 2 is 1.68 bits per heavy atom. The predicted octanol–water partition coefficient (Wildman–Crippen LogP) is 3.59. The van der Waals surface area contributed by atoms with Gasteiger partial charge in [0, 0.05) is 5.56 Å². The number of nitrogens with one attached hydrogen (secondary N) is 2. The third kappa shape index (κ3) is 3.93. The number of aromatic amines is 1. The van der Waals surface area contributed by atoms with Gasteiger partial charge in [-0.25, -0.2) is 0 Å². The molecule has 0 saturated heterocycles. The van der Waals surface area contributed by atoms with E-state index in [1.54, 1.807) is 33.5 Å². The molecule has 0 spiro atoms. The Hall–Kier alpha value is -3.48. The molecule has 146 valence electrons. The number of H-pyrrole nitrogens is 1. The third-order valence-electron chi connectivity index (χ3n) is 4.36. The zero-order chi connectivity index (χ0) is 20.1. The number of aromatic nitrogens is 2. The van der Waals surface area contributed by atoms with Crippen LogP contribution >= 0.6 is 0 Å². The molecular weight excluding hydrogens is 358 g/mol. The van der Waals surface area contributed by atoms with Crippen molar-refractivity contribution in [3.05, 3.63) is 53.7 Å². The van der Waals surface area contributed by atoms with Crippen LogP contribution in [0.4, 0.5) is 5.69 Å². The Morgan fingerprint density at radius 1 is 1.04 bits per heavy atom. The van der Waals surface area contributed by atoms with Crippen LogP contribution in [0.5, 0.6) is 17.2 Å². The lowest BCUT2D eigenvalue weighted by molar-refractivity contribution is -0.115. The summed E-state index contributed by atoms with van der Waals surface area (Å²) in [5, 5.41) is 10.3. The van der Waals surface area contributed by atoms with Crippen molar-refractivity contribution in [3.8, 4) is 28.5 Å². The fourth-order valence-electron chi connectivity index (χ4n) is 2.97. The summed E-state index contributed by atoms with van der Waals surface area (Å²) in [4.78, 5) is 12.5. The number of nitrogens with zero attached hydrogens (tertiary/aromatic N) is 1. The maximum absolute atomic E-state index is 12.5. The van der Waals surface area contributed by atoms with Crippen molar-refractivity contribution < 1.29 is 19.0 Å². The van der Waals surface area contributed by atoms with Crippen LogP contribution in [-0.2, 0) is 11.2 Å². The molecule has 0 saturated carbocycles. The smallest absolute Gasteiger partial charge is 0.228 e. The Balaban J connectivity index is 1.93. The van der Waals surface area contributed by atoms with E-state index in [9.17, 15) is 4.79 Å². The maximum Gasteiger partial charge on any atom is 0.228 e. The van der Waals surface area contributed by atoms with Crippen molar-refractivity contribution in [1.82, 2.24) is 10.2 Å². The van der Waals surface area contributed by atoms with Gasteiger partial charge in [-0.2, -0.15) is 5.10 Å². The van der Waals surface area contributed by atoms with Gasteiger partial charge < -0.3 is 19.5 Å². The van der Waals surface area contributed by atoms with E-state index in [0.29, 0.717) is 28.6 Å². The molecular formula is C21H23N3O4. The number of methoxy groups -OCH3 is 3. The number of benzene rings is 2. The van der Waals surface area contributed by atoms with Gasteiger partial charge >= 0.3 is 0 Å². The van der Waals surface area contributed by atoms with Gasteiger partial charge in [0.25, 0.3) is 0 Å². The highest BCUT2D eigenvalue weighted by Gasteiger charge is 2.20. The molecule has 0 fully saturated rings. The monoisotopic (exact) mass is 381 g/mol. The van der Waals surface area contributed by atoms with E-state index >= 15 is 0 Å². The fourth-order valence-corrected chi connectivity index (χ4v) is 2.97. The van der Waals surface area contributed by atoms with Crippen LogP contribution in [0.15, 0.2) is 42.5 Å². The van der Waals surface area contributed by atoms with Gasteiger partial charge in [0.15, 0.2) is 11.5 Å². The molecule has 0 aliphatic rings. The normalized spacial score (nSPS) is 10.4. The summed E-state index contributed by atoms with van der Waals surface area (Å²) in [7, 11) is 4.66. The van der Waals surface area contributed by atoms with Gasteiger partial charge in [0.05, 0.1) is 39.1 Å². The average molecular weight is 381 g/mol. The fraction of sp³-hybridized carbons (Fsp3) is 0.238. The molecule has 2 aromatic carbocycles. The summed E-state index contributed by atoms with van der Waals surface area (Å²) in [5.41, 5.74) is 3.64. The molecule has 1 heterocycles. The first-order valence-electron chi connectivity index (χ1n) is 8.76. The van der Waals surface area contributed by atoms with Crippen molar-refractivity contribution in [2.75, 3.05) is 26.6 Å². The minimum Gasteiger partial charge on any atom is -0.493 e. The van der Waals surface area contributed by atoms with Crippen molar-refractivity contribution >= 4 is 11.6 Å². The molecule has 3 rings (SSSR count). The number of amides is 1. The first kappa shape index (κ1) is 19.3. The topological polar surface area (TPSA) is 85.5 Å². The Morgan fingerprint density at radius 3 is 2.25 bits per heavy atom. The number of aryl methyl sites for hydroxylation is 1. The molecule has 0 aliphatic heterocycles. The first-order chi connectivity index (χ1) is 13.6. The minimum absolute atomic E-state index is 0.121. The van der Waals surface area contributed by atoms with Crippen LogP contribution < -0.4 is 19.5 Å². The number of anilines is 1. The zero-order valence-corrected chi connectivity index (χ0v) is 16.3. The summed E-state index contributed by atoms with van der Waals surface area (Å²) in [6, 6.07) is 13.2. The lowest BCUT2D eigenvalue weighted by Gasteiger charge is -2.14. The average Bonchev–Trinajstić information content (AvgIpc) is 3.07. The Kier molecular flexibility index (Phi) is 5.84. The van der Waals surface area contributed by atoms with Crippen LogP contribution in [0.1, 0.15) is 11.3 Å². The molecule has 28 heavy (non-hydrogen) atoms. The largest absolute Gasteiger partial charge is 0.493 e. The summed E-state index contributed by atoms with van der Waals surface area (Å²) >= 11 is 0. The van der Waals surface area contributed by atoms with E-state index in [2.05, 4.69) is 15.5 Å². The lowest BCUT2D eigenvalue weighted by Crippen LogP contribution is -2.15. The molecule has 1 amide bonds. The lowest BCUT2D eigenvalue weighted by atomic mass is 10.1. The Bertz CT molecular complexity index is 942. The molecule has 0 unspecified atom stereocenters. The summed E-state index contributed by atoms with van der Waals surface area (Å²) in [6.07, 6.45) is 0.278. The Labute approximate surface area is 163 Å². The number of carbonyl (C=O) groups excluding carboxylic acids is 1. The molecule has 7 nitrogen and oxygen atoms in total. The van der Waals surface area contributed by atoms with E-state index in [1.165, 1.54) is 0 Å². The molecule has 7 heteroatoms. The molecule has 3 aromatic rings. The van der Waals surface area contributed by atoms with Crippen molar-refractivity contribution in [3.63, 3.8) is 0 Å². The second-order valence-electron chi connectivity index (χ2n) is 6.20. The van der Waals surface area contributed by atoms with Gasteiger partial charge in [-0.05, 0) is 24.6 Å². The second-order valence-corrected chi connectivity index (χ2v) is 6.20. The van der Waals surface area contributed by atoms with E-state index in [0.717, 1.165) is 16.8 Å². The molecule has 0 radical (unpaired) electrons. The van der Waals surface area contributed by atoms with Gasteiger partial charge in [0.2, 0.25) is 11.7 Å². The number of hydrogen-bond donors (Lipinski definition) is 2. The van der Waals surface area contributed by atoms with Gasteiger partial charge in [-0.15, -0.1) is 0 Å². The SMILES string of the molecule is COc1cc(-c2n[nH]c(C)c2NC(=O)Cc2ccccc2)cc(OC)c1OC. The van der Waals surface area contributed by atoms with E-state index in [-0.39, 0.29) is 12.3 Å². The molecule has 2 N–H and O–H groups in total. The van der Waals surface area contributed by atoms with Crippen molar-refractivity contribution in [1.29, 1.82) is 0 Å². The van der Waals surface area contributed by atoms with Crippen molar-refractivity contribution in [2.45, 2.75) is 13.3 Å². The van der Waals surface area contributed by atoms with Crippen LogP contribution in [0.25, 0.3) is 11.3 Å². The van der Waals surface area contributed by atoms with E-state index < -0.39 is 0 Å². The van der Waals surface area contributed by atoms with Crippen molar-refractivity contribution in [2.24, 2.45) is 0 Å². The number of rotatable bonds is 7. The highest BCUT2D eigenvalue weighted by molar-refractivity contribution is 5.96.